The van der Waals surface area contributed by atoms with E-state index in [1.54, 1.807) is 0 Å². The molecule has 0 aromatic rings. The maximum atomic E-state index is 5.91. The van der Waals surface area contributed by atoms with Crippen molar-refractivity contribution in [3.8, 4) is 0 Å². The van der Waals surface area contributed by atoms with Gasteiger partial charge in [-0.05, 0) is 32.6 Å². The van der Waals surface area contributed by atoms with Gasteiger partial charge in [0.1, 0.15) is 0 Å². The fourth-order valence-corrected chi connectivity index (χ4v) is 1.78. The van der Waals surface area contributed by atoms with E-state index in [1.807, 2.05) is 19.1 Å². The van der Waals surface area contributed by atoms with Crippen LogP contribution in [0.25, 0.3) is 0 Å². The van der Waals surface area contributed by atoms with Crippen LogP contribution in [0.1, 0.15) is 26.7 Å². The molecule has 0 saturated carbocycles. The van der Waals surface area contributed by atoms with Crippen molar-refractivity contribution in [2.75, 3.05) is 0 Å². The van der Waals surface area contributed by atoms with Gasteiger partial charge in [0, 0.05) is 6.04 Å². The third kappa shape index (κ3) is 3.88. The lowest BCUT2D eigenvalue weighted by atomic mass is 9.89. The van der Waals surface area contributed by atoms with Gasteiger partial charge in [-0.1, -0.05) is 48.1 Å². The van der Waals surface area contributed by atoms with Crippen molar-refractivity contribution in [1.82, 2.24) is 0 Å². The van der Waals surface area contributed by atoms with E-state index >= 15 is 0 Å². The lowest BCUT2D eigenvalue weighted by molar-refractivity contribution is 0.614. The summed E-state index contributed by atoms with van der Waals surface area (Å²) in [7, 11) is 0. The van der Waals surface area contributed by atoms with E-state index in [1.165, 1.54) is 11.1 Å². The van der Waals surface area contributed by atoms with Crippen molar-refractivity contribution >= 4 is 0 Å². The molecule has 0 saturated heterocycles. The number of hydrogen-bond donors (Lipinski definition) is 1. The van der Waals surface area contributed by atoms with Gasteiger partial charge >= 0.3 is 0 Å². The summed E-state index contributed by atoms with van der Waals surface area (Å²) in [5.74, 6) is 0.603. The van der Waals surface area contributed by atoms with Gasteiger partial charge in [0.05, 0.1) is 0 Å². The molecule has 1 aliphatic carbocycles. The van der Waals surface area contributed by atoms with E-state index in [9.17, 15) is 0 Å². The van der Waals surface area contributed by atoms with Crippen molar-refractivity contribution in [1.29, 1.82) is 0 Å². The van der Waals surface area contributed by atoms with Crippen molar-refractivity contribution < 1.29 is 0 Å². The van der Waals surface area contributed by atoms with Crippen molar-refractivity contribution in [2.24, 2.45) is 11.7 Å². The van der Waals surface area contributed by atoms with E-state index in [2.05, 4.69) is 31.7 Å². The Labute approximate surface area is 93.1 Å². The Morgan fingerprint density at radius 2 is 2.47 bits per heavy atom. The Hall–Kier alpha value is -1.08. The molecule has 0 spiro atoms. The molecule has 0 radical (unpaired) electrons. The van der Waals surface area contributed by atoms with Crippen LogP contribution >= 0.6 is 0 Å². The van der Waals surface area contributed by atoms with Gasteiger partial charge in [0.15, 0.2) is 0 Å². The van der Waals surface area contributed by atoms with E-state index in [0.29, 0.717) is 5.92 Å². The molecule has 1 rings (SSSR count). The van der Waals surface area contributed by atoms with Crippen LogP contribution < -0.4 is 5.73 Å². The lowest BCUT2D eigenvalue weighted by Gasteiger charge is -2.18. The Kier molecular flexibility index (Phi) is 4.57. The number of allylic oxidation sites excluding steroid dienone is 6. The zero-order chi connectivity index (χ0) is 11.3. The number of rotatable bonds is 4. The monoisotopic (exact) mass is 203 g/mol. The van der Waals surface area contributed by atoms with Crippen LogP contribution in [0.5, 0.6) is 0 Å². The van der Waals surface area contributed by atoms with E-state index in [4.69, 9.17) is 5.73 Å². The fraction of sp³-hybridized carbons (Fsp3) is 0.429. The molecule has 0 fully saturated rings. The average molecular weight is 203 g/mol. The van der Waals surface area contributed by atoms with Gasteiger partial charge in [-0.15, -0.1) is 0 Å². The molecule has 1 heteroatoms. The van der Waals surface area contributed by atoms with Crippen molar-refractivity contribution in [3.63, 3.8) is 0 Å². The molecule has 82 valence electrons. The summed E-state index contributed by atoms with van der Waals surface area (Å²) in [5.41, 5.74) is 8.56. The molecule has 0 aromatic heterocycles. The molecule has 0 amide bonds. The smallest absolute Gasteiger partial charge is 0.0228 e. The SMILES string of the molecule is C=C/C=C(/CC1C=CC(C)=CC1)C(C)N. The maximum absolute atomic E-state index is 5.91. The first-order valence-electron chi connectivity index (χ1n) is 5.55. The number of hydrogen-bond acceptors (Lipinski definition) is 1. The predicted octanol–water partition coefficient (Wildman–Crippen LogP) is 3.36. The largest absolute Gasteiger partial charge is 0.324 e. The molecule has 1 nitrogen and oxygen atoms in total. The summed E-state index contributed by atoms with van der Waals surface area (Å²) in [4.78, 5) is 0. The molecular weight excluding hydrogens is 182 g/mol. The minimum Gasteiger partial charge on any atom is -0.324 e. The molecule has 2 atom stereocenters. The Morgan fingerprint density at radius 3 is 2.93 bits per heavy atom. The van der Waals surface area contributed by atoms with Gasteiger partial charge in [0.2, 0.25) is 0 Å². The number of nitrogens with two attached hydrogens (primary N) is 1. The second-order valence-corrected chi connectivity index (χ2v) is 4.27. The van der Waals surface area contributed by atoms with Crippen LogP contribution in [0.2, 0.25) is 0 Å². The van der Waals surface area contributed by atoms with Crippen LogP contribution in [0, 0.1) is 5.92 Å². The first-order valence-corrected chi connectivity index (χ1v) is 5.55. The topological polar surface area (TPSA) is 26.0 Å². The van der Waals surface area contributed by atoms with Gasteiger partial charge in [0.25, 0.3) is 0 Å². The Balaban J connectivity index is 2.58. The van der Waals surface area contributed by atoms with Crippen LogP contribution in [0.4, 0.5) is 0 Å². The summed E-state index contributed by atoms with van der Waals surface area (Å²) >= 11 is 0. The summed E-state index contributed by atoms with van der Waals surface area (Å²) in [6.07, 6.45) is 12.8. The quantitative estimate of drug-likeness (QED) is 0.697. The zero-order valence-electron chi connectivity index (χ0n) is 9.74. The molecule has 0 bridgehead atoms. The Bertz CT molecular complexity index is 305. The zero-order valence-corrected chi connectivity index (χ0v) is 9.74. The third-order valence-corrected chi connectivity index (χ3v) is 2.79. The molecule has 15 heavy (non-hydrogen) atoms. The van der Waals surface area contributed by atoms with Gasteiger partial charge in [-0.3, -0.25) is 0 Å². The molecule has 0 aromatic carbocycles. The van der Waals surface area contributed by atoms with E-state index in [-0.39, 0.29) is 6.04 Å². The lowest BCUT2D eigenvalue weighted by Crippen LogP contribution is -2.20. The fourth-order valence-electron chi connectivity index (χ4n) is 1.78. The standard InChI is InChI=1S/C14H21N/c1-4-5-14(12(3)15)10-13-8-6-11(2)7-9-13/h4-8,12-13H,1,9-10,15H2,2-3H3/b14-5-. The summed E-state index contributed by atoms with van der Waals surface area (Å²) in [6, 6.07) is 0.128. The predicted molar refractivity (Wildman–Crippen MR) is 67.6 cm³/mol. The molecule has 1 aliphatic rings. The van der Waals surface area contributed by atoms with Crippen molar-refractivity contribution in [3.05, 3.63) is 48.1 Å². The van der Waals surface area contributed by atoms with Crippen molar-refractivity contribution in [2.45, 2.75) is 32.7 Å². The van der Waals surface area contributed by atoms with Crippen LogP contribution in [-0.4, -0.2) is 6.04 Å². The highest BCUT2D eigenvalue weighted by atomic mass is 14.6. The minimum atomic E-state index is 0.128. The normalized spacial score (nSPS) is 23.5. The first kappa shape index (κ1) is 12.0. The maximum Gasteiger partial charge on any atom is 0.0228 e. The van der Waals surface area contributed by atoms with Gasteiger partial charge in [-0.25, -0.2) is 0 Å². The third-order valence-electron chi connectivity index (χ3n) is 2.79. The second-order valence-electron chi connectivity index (χ2n) is 4.27. The second kappa shape index (κ2) is 5.72. The average Bonchev–Trinajstić information content (AvgIpc) is 2.20. The van der Waals surface area contributed by atoms with Crippen LogP contribution in [-0.2, 0) is 0 Å². The summed E-state index contributed by atoms with van der Waals surface area (Å²) in [6.45, 7) is 7.89. The summed E-state index contributed by atoms with van der Waals surface area (Å²) < 4.78 is 0. The minimum absolute atomic E-state index is 0.128. The van der Waals surface area contributed by atoms with E-state index in [0.717, 1.165) is 12.8 Å². The highest BCUT2D eigenvalue weighted by Gasteiger charge is 2.11. The highest BCUT2D eigenvalue weighted by molar-refractivity contribution is 5.24. The van der Waals surface area contributed by atoms with Crippen LogP contribution in [0.3, 0.4) is 0 Å². The molecule has 2 unspecified atom stereocenters. The molecule has 0 aliphatic heterocycles. The van der Waals surface area contributed by atoms with E-state index < -0.39 is 0 Å². The van der Waals surface area contributed by atoms with Gasteiger partial charge < -0.3 is 5.73 Å². The molecule has 2 N–H and O–H groups in total. The Morgan fingerprint density at radius 1 is 1.73 bits per heavy atom. The molecular formula is C14H21N. The van der Waals surface area contributed by atoms with Crippen LogP contribution in [0.15, 0.2) is 48.1 Å². The first-order chi connectivity index (χ1) is 7.13. The summed E-state index contributed by atoms with van der Waals surface area (Å²) in [5, 5.41) is 0. The van der Waals surface area contributed by atoms with Gasteiger partial charge in [-0.2, -0.15) is 0 Å². The highest BCUT2D eigenvalue weighted by Crippen LogP contribution is 2.23. The molecule has 0 heterocycles.